The van der Waals surface area contributed by atoms with Gasteiger partial charge in [-0.05, 0) is 13.0 Å². The zero-order valence-electron chi connectivity index (χ0n) is 11.0. The van der Waals surface area contributed by atoms with E-state index in [1.54, 1.807) is 0 Å². The standard InChI is InChI=1S/C11H14BF4O2.K/c1-2-17-6-3-7-18-11-8-9(13)4-5-10(11)12(14,15)16;/h4-5,8H,2-3,6-7H2,1H3;/q-1;+1. The van der Waals surface area contributed by atoms with Crippen LogP contribution in [0, 0.1) is 5.82 Å². The first-order valence-corrected chi connectivity index (χ1v) is 5.65. The largest absolute Gasteiger partial charge is 1.00 e. The minimum absolute atomic E-state index is 0. The van der Waals surface area contributed by atoms with Crippen LogP contribution in [0.3, 0.4) is 0 Å². The monoisotopic (exact) mass is 304 g/mol. The van der Waals surface area contributed by atoms with Gasteiger partial charge in [0.2, 0.25) is 0 Å². The Balaban J connectivity index is 0.00000324. The van der Waals surface area contributed by atoms with E-state index < -0.39 is 24.0 Å². The Morgan fingerprint density at radius 1 is 1.16 bits per heavy atom. The smallest absolute Gasteiger partial charge is 0.496 e. The quantitative estimate of drug-likeness (QED) is 0.391. The zero-order chi connectivity index (χ0) is 13.6. The Bertz CT molecular complexity index is 387. The van der Waals surface area contributed by atoms with Gasteiger partial charge in [0.25, 0.3) is 0 Å². The molecule has 102 valence electrons. The van der Waals surface area contributed by atoms with Gasteiger partial charge in [0.1, 0.15) is 5.82 Å². The van der Waals surface area contributed by atoms with E-state index in [9.17, 15) is 17.3 Å². The van der Waals surface area contributed by atoms with Crippen molar-refractivity contribution in [3.63, 3.8) is 0 Å². The van der Waals surface area contributed by atoms with Crippen LogP contribution >= 0.6 is 0 Å². The molecule has 0 bridgehead atoms. The summed E-state index contributed by atoms with van der Waals surface area (Å²) in [5, 5.41) is 0. The van der Waals surface area contributed by atoms with Crippen molar-refractivity contribution >= 4 is 12.4 Å². The molecule has 0 aliphatic carbocycles. The van der Waals surface area contributed by atoms with Crippen LogP contribution in [0.4, 0.5) is 17.3 Å². The molecule has 0 saturated heterocycles. The SMILES string of the molecule is CCOCCCOc1cc(F)ccc1[B-](F)(F)F.[K+]. The molecule has 19 heavy (non-hydrogen) atoms. The van der Waals surface area contributed by atoms with E-state index in [0.29, 0.717) is 25.7 Å². The van der Waals surface area contributed by atoms with E-state index in [0.717, 1.165) is 12.1 Å². The van der Waals surface area contributed by atoms with Crippen LogP contribution in [0.2, 0.25) is 0 Å². The van der Waals surface area contributed by atoms with Crippen LogP contribution < -0.4 is 61.6 Å². The predicted octanol–water partition coefficient (Wildman–Crippen LogP) is -0.310. The maximum Gasteiger partial charge on any atom is 1.00 e. The second kappa shape index (κ2) is 9.36. The van der Waals surface area contributed by atoms with Gasteiger partial charge in [-0.2, -0.15) is 0 Å². The van der Waals surface area contributed by atoms with Gasteiger partial charge in [-0.15, -0.1) is 0 Å². The van der Waals surface area contributed by atoms with E-state index in [2.05, 4.69) is 0 Å². The summed E-state index contributed by atoms with van der Waals surface area (Å²) in [4.78, 5) is 0. The molecule has 0 saturated carbocycles. The average molecular weight is 304 g/mol. The third kappa shape index (κ3) is 7.10. The van der Waals surface area contributed by atoms with Crippen LogP contribution in [0.15, 0.2) is 18.2 Å². The maximum absolute atomic E-state index is 12.9. The Morgan fingerprint density at radius 3 is 2.42 bits per heavy atom. The predicted molar refractivity (Wildman–Crippen MR) is 61.7 cm³/mol. The minimum Gasteiger partial charge on any atom is -0.496 e. The molecule has 0 fully saturated rings. The second-order valence-electron chi connectivity index (χ2n) is 3.66. The second-order valence-corrected chi connectivity index (χ2v) is 3.66. The van der Waals surface area contributed by atoms with E-state index in [1.807, 2.05) is 6.92 Å². The molecule has 1 aromatic rings. The molecule has 0 aliphatic heterocycles. The Morgan fingerprint density at radius 2 is 1.84 bits per heavy atom. The first kappa shape index (κ1) is 19.4. The van der Waals surface area contributed by atoms with Crippen LogP contribution in [-0.4, -0.2) is 26.8 Å². The van der Waals surface area contributed by atoms with Crippen molar-refractivity contribution in [2.24, 2.45) is 0 Å². The molecule has 0 amide bonds. The number of ether oxygens (including phenoxy) is 2. The average Bonchev–Trinajstić information content (AvgIpc) is 2.27. The molecule has 2 nitrogen and oxygen atoms in total. The van der Waals surface area contributed by atoms with Gasteiger partial charge in [-0.3, -0.25) is 0 Å². The van der Waals surface area contributed by atoms with Crippen molar-refractivity contribution in [1.82, 2.24) is 0 Å². The number of halogens is 4. The van der Waals surface area contributed by atoms with E-state index in [4.69, 9.17) is 9.47 Å². The van der Waals surface area contributed by atoms with Gasteiger partial charge in [-0.25, -0.2) is 4.39 Å². The normalized spacial score (nSPS) is 11.0. The van der Waals surface area contributed by atoms with Crippen LogP contribution in [0.5, 0.6) is 5.75 Å². The van der Waals surface area contributed by atoms with E-state index in [1.165, 1.54) is 0 Å². The number of benzene rings is 1. The number of rotatable bonds is 7. The summed E-state index contributed by atoms with van der Waals surface area (Å²) in [7, 11) is 0. The van der Waals surface area contributed by atoms with E-state index in [-0.39, 0.29) is 58.0 Å². The first-order valence-electron chi connectivity index (χ1n) is 5.65. The molecular weight excluding hydrogens is 290 g/mol. The van der Waals surface area contributed by atoms with Crippen molar-refractivity contribution in [3.8, 4) is 5.75 Å². The summed E-state index contributed by atoms with van der Waals surface area (Å²) in [6.45, 7) is -2.39. The molecule has 1 rings (SSSR count). The molecule has 0 spiro atoms. The number of hydrogen-bond donors (Lipinski definition) is 0. The van der Waals surface area contributed by atoms with Crippen molar-refractivity contribution in [2.45, 2.75) is 13.3 Å². The summed E-state index contributed by atoms with van der Waals surface area (Å²) >= 11 is 0. The van der Waals surface area contributed by atoms with Gasteiger partial charge < -0.3 is 22.4 Å². The molecule has 8 heteroatoms. The molecular formula is C11H14BF4KO2. The van der Waals surface area contributed by atoms with Crippen LogP contribution in [0.1, 0.15) is 13.3 Å². The Kier molecular flexibility index (Phi) is 9.56. The van der Waals surface area contributed by atoms with E-state index >= 15 is 0 Å². The van der Waals surface area contributed by atoms with Crippen molar-refractivity contribution < 1.29 is 78.2 Å². The van der Waals surface area contributed by atoms with Crippen molar-refractivity contribution in [2.75, 3.05) is 19.8 Å². The topological polar surface area (TPSA) is 18.5 Å². The Labute approximate surface area is 152 Å². The van der Waals surface area contributed by atoms with Crippen molar-refractivity contribution in [3.05, 3.63) is 24.0 Å². The number of hydrogen-bond acceptors (Lipinski definition) is 2. The molecule has 0 heterocycles. The van der Waals surface area contributed by atoms with Gasteiger partial charge in [0.05, 0.1) is 12.4 Å². The van der Waals surface area contributed by atoms with Crippen LogP contribution in [0.25, 0.3) is 0 Å². The summed E-state index contributed by atoms with van der Waals surface area (Å²) in [6.07, 6.45) is 0.453. The third-order valence-electron chi connectivity index (χ3n) is 2.22. The third-order valence-corrected chi connectivity index (χ3v) is 2.22. The van der Waals surface area contributed by atoms with Gasteiger partial charge in [0.15, 0.2) is 0 Å². The van der Waals surface area contributed by atoms with Gasteiger partial charge in [-0.1, -0.05) is 11.5 Å². The fraction of sp³-hybridized carbons (Fsp3) is 0.455. The summed E-state index contributed by atoms with van der Waals surface area (Å²) in [5.41, 5.74) is -0.909. The van der Waals surface area contributed by atoms with Crippen LogP contribution in [-0.2, 0) is 4.74 Å². The molecule has 1 aromatic carbocycles. The fourth-order valence-corrected chi connectivity index (χ4v) is 1.39. The fourth-order valence-electron chi connectivity index (χ4n) is 1.39. The molecule has 0 aromatic heterocycles. The molecule has 0 atom stereocenters. The summed E-state index contributed by atoms with van der Waals surface area (Å²) in [5.74, 6) is -1.21. The maximum atomic E-state index is 12.9. The minimum atomic E-state index is -5.20. The molecule has 0 N–H and O–H groups in total. The molecule has 0 aliphatic rings. The van der Waals surface area contributed by atoms with Crippen molar-refractivity contribution in [1.29, 1.82) is 0 Å². The summed E-state index contributed by atoms with van der Waals surface area (Å²) < 4.78 is 60.8. The summed E-state index contributed by atoms with van der Waals surface area (Å²) in [6, 6.07) is 2.23. The molecule has 0 unspecified atom stereocenters. The van der Waals surface area contributed by atoms with Gasteiger partial charge in [0, 0.05) is 25.7 Å². The first-order chi connectivity index (χ1) is 8.45. The van der Waals surface area contributed by atoms with Gasteiger partial charge >= 0.3 is 58.4 Å². The molecule has 0 radical (unpaired) electrons. The Hall–Kier alpha value is 0.401. The zero-order valence-corrected chi connectivity index (χ0v) is 14.1.